The van der Waals surface area contributed by atoms with Crippen molar-refractivity contribution in [3.63, 3.8) is 0 Å². The van der Waals surface area contributed by atoms with Gasteiger partial charge in [0.1, 0.15) is 12.4 Å². The molecule has 0 saturated heterocycles. The second-order valence-electron chi connectivity index (χ2n) is 6.21. The number of unbranched alkanes of at least 4 members (excludes halogenated alkanes) is 3. The first-order valence-electron chi connectivity index (χ1n) is 9.09. The molecule has 27 heavy (non-hydrogen) atoms. The molecule has 2 aromatic rings. The molecule has 0 aliphatic rings. The number of halogens is 3. The molecule has 3 nitrogen and oxygen atoms in total. The highest BCUT2D eigenvalue weighted by Gasteiger charge is 2.11. The van der Waals surface area contributed by atoms with Crippen molar-refractivity contribution in [2.45, 2.75) is 45.8 Å². The lowest BCUT2D eigenvalue weighted by molar-refractivity contribution is 0.279. The van der Waals surface area contributed by atoms with E-state index in [0.29, 0.717) is 22.1 Å². The fourth-order valence-electron chi connectivity index (χ4n) is 2.67. The molecule has 150 valence electrons. The zero-order valence-electron chi connectivity index (χ0n) is 15.9. The number of benzene rings is 2. The van der Waals surface area contributed by atoms with E-state index in [2.05, 4.69) is 12.2 Å². The maximum Gasteiger partial charge on any atom is 0.161 e. The summed E-state index contributed by atoms with van der Waals surface area (Å²) in [6.45, 7) is 4.05. The summed E-state index contributed by atoms with van der Waals surface area (Å²) in [6, 6.07) is 10.4. The van der Waals surface area contributed by atoms with E-state index in [9.17, 15) is 4.39 Å². The molecule has 2 aromatic carbocycles. The molecule has 0 aromatic heterocycles. The van der Waals surface area contributed by atoms with E-state index in [1.165, 1.54) is 31.7 Å². The molecule has 0 amide bonds. The summed E-state index contributed by atoms with van der Waals surface area (Å²) >= 11 is 6.04. The fraction of sp³-hybridized carbons (Fsp3) is 0.429. The molecule has 0 aliphatic heterocycles. The van der Waals surface area contributed by atoms with E-state index in [4.69, 9.17) is 21.1 Å². The molecule has 0 bridgehead atoms. The van der Waals surface area contributed by atoms with Gasteiger partial charge in [-0.3, -0.25) is 0 Å². The fourth-order valence-corrected chi connectivity index (χ4v) is 2.89. The van der Waals surface area contributed by atoms with Crippen LogP contribution in [0.5, 0.6) is 11.5 Å². The standard InChI is InChI=1S/C21H27ClFNO2.ClH/c1-3-4-5-6-12-24-14-16-10-11-20(21(13-16)25-2)26-15-17-18(22)8-7-9-19(17)23;/h7-11,13,24H,3-6,12,14-15H2,1-2H3;1H. The second-order valence-corrected chi connectivity index (χ2v) is 6.62. The molecule has 0 saturated carbocycles. The van der Waals surface area contributed by atoms with Crippen LogP contribution < -0.4 is 14.8 Å². The Balaban J connectivity index is 0.00000364. The summed E-state index contributed by atoms with van der Waals surface area (Å²) in [5, 5.41) is 3.80. The number of hydrogen-bond donors (Lipinski definition) is 1. The number of hydrogen-bond acceptors (Lipinski definition) is 3. The third-order valence-corrected chi connectivity index (χ3v) is 4.55. The van der Waals surface area contributed by atoms with Crippen LogP contribution in [0.3, 0.4) is 0 Å². The number of nitrogens with one attached hydrogen (secondary N) is 1. The molecule has 0 atom stereocenters. The zero-order valence-corrected chi connectivity index (χ0v) is 17.5. The Morgan fingerprint density at radius 3 is 2.59 bits per heavy atom. The van der Waals surface area contributed by atoms with Crippen LogP contribution in [-0.4, -0.2) is 13.7 Å². The van der Waals surface area contributed by atoms with E-state index < -0.39 is 0 Å². The normalized spacial score (nSPS) is 10.4. The molecule has 6 heteroatoms. The van der Waals surface area contributed by atoms with Crippen LogP contribution in [0, 0.1) is 5.82 Å². The van der Waals surface area contributed by atoms with Gasteiger partial charge in [-0.2, -0.15) is 0 Å². The van der Waals surface area contributed by atoms with Gasteiger partial charge in [0.25, 0.3) is 0 Å². The van der Waals surface area contributed by atoms with Gasteiger partial charge in [-0.15, -0.1) is 12.4 Å². The first kappa shape index (κ1) is 23.5. The summed E-state index contributed by atoms with van der Waals surface area (Å²) in [6.07, 6.45) is 4.98. The van der Waals surface area contributed by atoms with Crippen molar-refractivity contribution in [2.75, 3.05) is 13.7 Å². The highest BCUT2D eigenvalue weighted by Crippen LogP contribution is 2.30. The molecule has 2 rings (SSSR count). The van der Waals surface area contributed by atoms with E-state index >= 15 is 0 Å². The summed E-state index contributed by atoms with van der Waals surface area (Å²) in [7, 11) is 1.60. The van der Waals surface area contributed by atoms with E-state index in [-0.39, 0.29) is 24.8 Å². The summed E-state index contributed by atoms with van der Waals surface area (Å²) in [5.41, 5.74) is 1.46. The van der Waals surface area contributed by atoms with E-state index in [1.807, 2.05) is 18.2 Å². The highest BCUT2D eigenvalue weighted by atomic mass is 35.5. The molecule has 0 heterocycles. The average molecular weight is 416 g/mol. The van der Waals surface area contributed by atoms with Crippen LogP contribution in [0.4, 0.5) is 4.39 Å². The van der Waals surface area contributed by atoms with Crippen LogP contribution in [0.2, 0.25) is 5.02 Å². The van der Waals surface area contributed by atoms with E-state index in [0.717, 1.165) is 18.7 Å². The van der Waals surface area contributed by atoms with Crippen LogP contribution in [0.25, 0.3) is 0 Å². The number of ether oxygens (including phenoxy) is 2. The Hall–Kier alpha value is -1.49. The number of rotatable bonds is 11. The van der Waals surface area contributed by atoms with Gasteiger partial charge < -0.3 is 14.8 Å². The maximum absolute atomic E-state index is 13.8. The summed E-state index contributed by atoms with van der Waals surface area (Å²) in [4.78, 5) is 0. The smallest absolute Gasteiger partial charge is 0.161 e. The maximum atomic E-state index is 13.8. The van der Waals surface area contributed by atoms with Crippen molar-refractivity contribution in [3.05, 3.63) is 58.4 Å². The van der Waals surface area contributed by atoms with Crippen LogP contribution in [0.15, 0.2) is 36.4 Å². The molecule has 0 spiro atoms. The van der Waals surface area contributed by atoms with Crippen molar-refractivity contribution in [1.29, 1.82) is 0 Å². The molecule has 0 unspecified atom stereocenters. The molecule has 0 fully saturated rings. The Morgan fingerprint density at radius 1 is 1.07 bits per heavy atom. The second kappa shape index (κ2) is 12.8. The topological polar surface area (TPSA) is 30.5 Å². The van der Waals surface area contributed by atoms with Gasteiger partial charge in [0.05, 0.1) is 12.1 Å². The Bertz CT molecular complexity index is 678. The van der Waals surface area contributed by atoms with Gasteiger partial charge in [0.15, 0.2) is 11.5 Å². The minimum atomic E-state index is -0.375. The lowest BCUT2D eigenvalue weighted by atomic mass is 10.2. The Labute approximate surface area is 172 Å². The predicted octanol–water partition coefficient (Wildman–Crippen LogP) is 6.16. The molecular weight excluding hydrogens is 388 g/mol. The highest BCUT2D eigenvalue weighted by molar-refractivity contribution is 6.31. The van der Waals surface area contributed by atoms with Crippen LogP contribution in [0.1, 0.15) is 43.7 Å². The van der Waals surface area contributed by atoms with Crippen molar-refractivity contribution in [1.82, 2.24) is 5.32 Å². The third-order valence-electron chi connectivity index (χ3n) is 4.20. The lowest BCUT2D eigenvalue weighted by Gasteiger charge is -2.13. The van der Waals surface area contributed by atoms with Crippen molar-refractivity contribution < 1.29 is 13.9 Å². The zero-order chi connectivity index (χ0) is 18.8. The first-order chi connectivity index (χ1) is 12.7. The van der Waals surface area contributed by atoms with Crippen molar-refractivity contribution in [2.24, 2.45) is 0 Å². The Morgan fingerprint density at radius 2 is 1.89 bits per heavy atom. The molecule has 0 aliphatic carbocycles. The molecular formula is C21H28Cl2FNO2. The van der Waals surface area contributed by atoms with Gasteiger partial charge in [0.2, 0.25) is 0 Å². The SMILES string of the molecule is CCCCCCNCc1ccc(OCc2c(F)cccc2Cl)c(OC)c1.Cl. The van der Waals surface area contributed by atoms with Gasteiger partial charge >= 0.3 is 0 Å². The monoisotopic (exact) mass is 415 g/mol. The first-order valence-corrected chi connectivity index (χ1v) is 9.46. The summed E-state index contributed by atoms with van der Waals surface area (Å²) < 4.78 is 25.0. The van der Waals surface area contributed by atoms with Crippen LogP contribution >= 0.6 is 24.0 Å². The van der Waals surface area contributed by atoms with E-state index in [1.54, 1.807) is 19.2 Å². The quantitative estimate of drug-likeness (QED) is 0.445. The van der Waals surface area contributed by atoms with Gasteiger partial charge in [-0.1, -0.05) is 49.9 Å². The summed E-state index contributed by atoms with van der Waals surface area (Å²) in [5.74, 6) is 0.821. The Kier molecular flexibility index (Phi) is 11.2. The minimum Gasteiger partial charge on any atom is -0.493 e. The molecule has 1 N–H and O–H groups in total. The molecule has 0 radical (unpaired) electrons. The van der Waals surface area contributed by atoms with Gasteiger partial charge in [-0.25, -0.2) is 4.39 Å². The van der Waals surface area contributed by atoms with Crippen LogP contribution in [-0.2, 0) is 13.2 Å². The predicted molar refractivity (Wildman–Crippen MR) is 112 cm³/mol. The third kappa shape index (κ3) is 7.57. The minimum absolute atomic E-state index is 0. The van der Waals surface area contributed by atoms with Crippen molar-refractivity contribution in [3.8, 4) is 11.5 Å². The van der Waals surface area contributed by atoms with Crippen molar-refractivity contribution >= 4 is 24.0 Å². The van der Waals surface area contributed by atoms with Gasteiger partial charge in [-0.05, 0) is 42.8 Å². The largest absolute Gasteiger partial charge is 0.493 e. The average Bonchev–Trinajstić information content (AvgIpc) is 2.64. The number of methoxy groups -OCH3 is 1. The van der Waals surface area contributed by atoms with Gasteiger partial charge in [0, 0.05) is 12.1 Å². The lowest BCUT2D eigenvalue weighted by Crippen LogP contribution is -2.14.